The molecule has 3 nitrogen and oxygen atoms in total. The van der Waals surface area contributed by atoms with E-state index >= 15 is 0 Å². The van der Waals surface area contributed by atoms with Gasteiger partial charge in [-0.1, -0.05) is 38.1 Å². The summed E-state index contributed by atoms with van der Waals surface area (Å²) in [6.07, 6.45) is 1.50. The fourth-order valence-electron chi connectivity index (χ4n) is 1.76. The van der Waals surface area contributed by atoms with E-state index in [1.54, 1.807) is 6.92 Å². The monoisotopic (exact) mass is 235 g/mol. The maximum Gasteiger partial charge on any atom is 0.330 e. The van der Waals surface area contributed by atoms with Crippen LogP contribution in [0.4, 0.5) is 0 Å². The fraction of sp³-hybridized carbons (Fsp3) is 0.500. The molecule has 17 heavy (non-hydrogen) atoms. The van der Waals surface area contributed by atoms with Gasteiger partial charge in [0.2, 0.25) is 0 Å². The Labute approximate surface area is 103 Å². The number of benzene rings is 1. The highest BCUT2D eigenvalue weighted by Gasteiger charge is 2.35. The molecule has 0 aliphatic carbocycles. The molecule has 1 atom stereocenters. The molecular weight excluding hydrogens is 214 g/mol. The maximum absolute atomic E-state index is 11.9. The summed E-state index contributed by atoms with van der Waals surface area (Å²) in [5, 5.41) is 0. The van der Waals surface area contributed by atoms with Crippen LogP contribution in [0, 0.1) is 0 Å². The van der Waals surface area contributed by atoms with Gasteiger partial charge in [0.15, 0.2) is 0 Å². The molecule has 0 saturated heterocycles. The second-order valence-electron chi connectivity index (χ2n) is 4.10. The number of hydrogen-bond acceptors (Lipinski definition) is 3. The molecule has 0 amide bonds. The summed E-state index contributed by atoms with van der Waals surface area (Å²) >= 11 is 0. The zero-order chi connectivity index (χ0) is 12.9. The Bertz CT molecular complexity index is 372. The number of carbonyl (C=O) groups excluding carboxylic acids is 1. The van der Waals surface area contributed by atoms with Crippen LogP contribution in [0.5, 0.6) is 0 Å². The molecule has 1 aromatic carbocycles. The van der Waals surface area contributed by atoms with Crippen LogP contribution in [-0.4, -0.2) is 12.6 Å². The van der Waals surface area contributed by atoms with Gasteiger partial charge in [-0.2, -0.15) is 0 Å². The van der Waals surface area contributed by atoms with E-state index in [0.717, 1.165) is 12.0 Å². The molecule has 1 aromatic rings. The second kappa shape index (κ2) is 5.82. The van der Waals surface area contributed by atoms with Crippen LogP contribution in [0.2, 0.25) is 0 Å². The summed E-state index contributed by atoms with van der Waals surface area (Å²) in [5.74, 6) is -0.355. The van der Waals surface area contributed by atoms with Crippen molar-refractivity contribution >= 4 is 5.97 Å². The number of carbonyl (C=O) groups is 1. The third-order valence-corrected chi connectivity index (χ3v) is 3.07. The van der Waals surface area contributed by atoms with Gasteiger partial charge in [0, 0.05) is 0 Å². The molecule has 0 spiro atoms. The Morgan fingerprint density at radius 1 is 1.24 bits per heavy atom. The summed E-state index contributed by atoms with van der Waals surface area (Å²) in [6.45, 7) is 6.12. The highest BCUT2D eigenvalue weighted by Crippen LogP contribution is 2.24. The lowest BCUT2D eigenvalue weighted by Gasteiger charge is -2.26. The summed E-state index contributed by atoms with van der Waals surface area (Å²) in [5.41, 5.74) is 7.19. The molecule has 0 saturated carbocycles. The van der Waals surface area contributed by atoms with Crippen molar-refractivity contribution < 1.29 is 9.53 Å². The smallest absolute Gasteiger partial charge is 0.330 e. The van der Waals surface area contributed by atoms with Gasteiger partial charge in [0.25, 0.3) is 0 Å². The zero-order valence-electron chi connectivity index (χ0n) is 10.8. The molecule has 0 bridgehead atoms. The van der Waals surface area contributed by atoms with Gasteiger partial charge < -0.3 is 10.5 Å². The van der Waals surface area contributed by atoms with Crippen molar-refractivity contribution in [2.24, 2.45) is 5.73 Å². The SMILES string of the molecule is CCOC(=O)C(N)(CC)c1ccc(CC)cc1. The molecule has 0 aliphatic rings. The standard InChI is InChI=1S/C14H21NO2/c1-4-11-7-9-12(10-8-11)14(15,5-2)13(16)17-6-3/h7-10H,4-6,15H2,1-3H3. The van der Waals surface area contributed by atoms with Gasteiger partial charge in [0.1, 0.15) is 5.54 Å². The number of hydrogen-bond donors (Lipinski definition) is 1. The van der Waals surface area contributed by atoms with Crippen molar-refractivity contribution in [3.63, 3.8) is 0 Å². The van der Waals surface area contributed by atoms with E-state index in [1.807, 2.05) is 31.2 Å². The minimum atomic E-state index is -1.03. The zero-order valence-corrected chi connectivity index (χ0v) is 10.8. The lowest BCUT2D eigenvalue weighted by molar-refractivity contribution is -0.150. The molecule has 1 unspecified atom stereocenters. The van der Waals surface area contributed by atoms with E-state index in [-0.39, 0.29) is 5.97 Å². The average Bonchev–Trinajstić information content (AvgIpc) is 2.38. The highest BCUT2D eigenvalue weighted by atomic mass is 16.5. The molecule has 0 fully saturated rings. The van der Waals surface area contributed by atoms with E-state index in [4.69, 9.17) is 10.5 Å². The molecule has 3 heteroatoms. The van der Waals surface area contributed by atoms with E-state index in [1.165, 1.54) is 5.56 Å². The predicted molar refractivity (Wildman–Crippen MR) is 68.6 cm³/mol. The summed E-state index contributed by atoms with van der Waals surface area (Å²) in [4.78, 5) is 11.9. The largest absolute Gasteiger partial charge is 0.464 e. The van der Waals surface area contributed by atoms with Crippen LogP contribution in [0.1, 0.15) is 38.3 Å². The van der Waals surface area contributed by atoms with Gasteiger partial charge in [-0.15, -0.1) is 0 Å². The van der Waals surface area contributed by atoms with Crippen molar-refractivity contribution in [2.75, 3.05) is 6.61 Å². The molecule has 0 radical (unpaired) electrons. The Morgan fingerprint density at radius 3 is 2.24 bits per heavy atom. The first-order valence-corrected chi connectivity index (χ1v) is 6.14. The Balaban J connectivity index is 3.02. The van der Waals surface area contributed by atoms with Crippen molar-refractivity contribution in [3.8, 4) is 0 Å². The average molecular weight is 235 g/mol. The first-order valence-electron chi connectivity index (χ1n) is 6.14. The van der Waals surface area contributed by atoms with Crippen LogP contribution < -0.4 is 5.73 Å². The van der Waals surface area contributed by atoms with Crippen LogP contribution in [0.25, 0.3) is 0 Å². The minimum absolute atomic E-state index is 0.352. The van der Waals surface area contributed by atoms with Gasteiger partial charge in [-0.25, -0.2) is 4.79 Å². The van der Waals surface area contributed by atoms with E-state index in [0.29, 0.717) is 13.0 Å². The second-order valence-corrected chi connectivity index (χ2v) is 4.10. The predicted octanol–water partition coefficient (Wildman–Crippen LogP) is 2.38. The third kappa shape index (κ3) is 2.86. The number of ether oxygens (including phenoxy) is 1. The van der Waals surface area contributed by atoms with Crippen molar-refractivity contribution in [3.05, 3.63) is 35.4 Å². The Kier molecular flexibility index (Phi) is 4.70. The van der Waals surface area contributed by atoms with E-state index < -0.39 is 5.54 Å². The van der Waals surface area contributed by atoms with Gasteiger partial charge in [-0.05, 0) is 30.9 Å². The molecule has 0 heterocycles. The van der Waals surface area contributed by atoms with E-state index in [9.17, 15) is 4.79 Å². The quantitative estimate of drug-likeness (QED) is 0.797. The van der Waals surface area contributed by atoms with Gasteiger partial charge in [0.05, 0.1) is 6.61 Å². The number of aryl methyl sites for hydroxylation is 1. The van der Waals surface area contributed by atoms with Crippen LogP contribution >= 0.6 is 0 Å². The number of nitrogens with two attached hydrogens (primary N) is 1. The fourth-order valence-corrected chi connectivity index (χ4v) is 1.76. The molecular formula is C14H21NO2. The summed E-state index contributed by atoms with van der Waals surface area (Å²) in [6, 6.07) is 7.84. The van der Waals surface area contributed by atoms with Crippen molar-refractivity contribution in [1.29, 1.82) is 0 Å². The highest BCUT2D eigenvalue weighted by molar-refractivity contribution is 5.82. The number of esters is 1. The maximum atomic E-state index is 11.9. The normalized spacial score (nSPS) is 14.1. The molecule has 2 N–H and O–H groups in total. The lowest BCUT2D eigenvalue weighted by atomic mass is 9.87. The minimum Gasteiger partial charge on any atom is -0.464 e. The third-order valence-electron chi connectivity index (χ3n) is 3.07. The van der Waals surface area contributed by atoms with Crippen LogP contribution in [0.15, 0.2) is 24.3 Å². The lowest BCUT2D eigenvalue weighted by Crippen LogP contribution is -2.45. The topological polar surface area (TPSA) is 52.3 Å². The molecule has 94 valence electrons. The van der Waals surface area contributed by atoms with Crippen LogP contribution in [0.3, 0.4) is 0 Å². The van der Waals surface area contributed by atoms with Crippen molar-refractivity contribution in [1.82, 2.24) is 0 Å². The molecule has 0 aliphatic heterocycles. The van der Waals surface area contributed by atoms with Crippen LogP contribution in [-0.2, 0) is 21.5 Å². The summed E-state index contributed by atoms with van der Waals surface area (Å²) in [7, 11) is 0. The first-order chi connectivity index (χ1) is 8.08. The Hall–Kier alpha value is -1.35. The van der Waals surface area contributed by atoms with Gasteiger partial charge in [-0.3, -0.25) is 0 Å². The Morgan fingerprint density at radius 2 is 1.82 bits per heavy atom. The van der Waals surface area contributed by atoms with Gasteiger partial charge >= 0.3 is 5.97 Å². The first kappa shape index (κ1) is 13.7. The summed E-state index contributed by atoms with van der Waals surface area (Å²) < 4.78 is 5.04. The number of rotatable bonds is 5. The molecule has 1 rings (SSSR count). The van der Waals surface area contributed by atoms with Crippen molar-refractivity contribution in [2.45, 2.75) is 39.2 Å². The molecule has 0 aromatic heterocycles. The van der Waals surface area contributed by atoms with E-state index in [2.05, 4.69) is 6.92 Å².